The minimum Gasteiger partial charge on any atom is -0.347 e. The zero-order chi connectivity index (χ0) is 14.8. The molecule has 0 aliphatic heterocycles. The molecule has 0 bridgehead atoms. The Kier molecular flexibility index (Phi) is 4.32. The number of hydrogen-bond acceptors (Lipinski definition) is 3. The van der Waals surface area contributed by atoms with Gasteiger partial charge in [0.05, 0.1) is 4.90 Å². The van der Waals surface area contributed by atoms with Crippen LogP contribution in [0.1, 0.15) is 37.6 Å². The lowest BCUT2D eigenvalue weighted by Crippen LogP contribution is -2.42. The summed E-state index contributed by atoms with van der Waals surface area (Å²) >= 11 is 0. The van der Waals surface area contributed by atoms with Crippen molar-refractivity contribution in [2.75, 3.05) is 0 Å². The minimum atomic E-state index is -4.05. The van der Waals surface area contributed by atoms with E-state index in [1.165, 1.54) is 0 Å². The third-order valence-electron chi connectivity index (χ3n) is 2.80. The van der Waals surface area contributed by atoms with Crippen LogP contribution >= 0.6 is 0 Å². The number of carbonyl (C=O) groups is 1. The fourth-order valence-electron chi connectivity index (χ4n) is 1.33. The van der Waals surface area contributed by atoms with Gasteiger partial charge in [0.2, 0.25) is 10.0 Å². The van der Waals surface area contributed by atoms with Crippen molar-refractivity contribution in [3.05, 3.63) is 29.6 Å². The van der Waals surface area contributed by atoms with Gasteiger partial charge in [-0.3, -0.25) is 4.79 Å². The molecule has 1 rings (SSSR count). The van der Waals surface area contributed by atoms with E-state index in [0.717, 1.165) is 18.2 Å². The van der Waals surface area contributed by atoms with Crippen molar-refractivity contribution in [1.29, 1.82) is 0 Å². The van der Waals surface area contributed by atoms with Crippen molar-refractivity contribution >= 4 is 15.9 Å². The van der Waals surface area contributed by atoms with Crippen molar-refractivity contribution in [2.24, 2.45) is 5.14 Å². The number of amides is 1. The molecule has 7 heteroatoms. The largest absolute Gasteiger partial charge is 0.347 e. The average Bonchev–Trinajstić information content (AvgIpc) is 2.26. The molecule has 3 N–H and O–H groups in total. The van der Waals surface area contributed by atoms with Crippen molar-refractivity contribution in [2.45, 2.75) is 37.6 Å². The summed E-state index contributed by atoms with van der Waals surface area (Å²) in [5.74, 6) is -1.37. The molecule has 0 spiro atoms. The number of halogens is 1. The summed E-state index contributed by atoms with van der Waals surface area (Å²) in [5, 5.41) is 7.61. The summed E-state index contributed by atoms with van der Waals surface area (Å²) in [5.41, 5.74) is -0.545. The molecule has 0 fully saturated rings. The molecule has 0 unspecified atom stereocenters. The van der Waals surface area contributed by atoms with Gasteiger partial charge in [0.15, 0.2) is 0 Å². The molecule has 1 aromatic rings. The van der Waals surface area contributed by atoms with E-state index in [1.807, 2.05) is 20.8 Å². The standard InChI is InChI=1S/C12H17FN2O3S/c1-4-12(2,3)15-11(16)8-5-9(13)7-10(6-8)19(14,17)18/h5-7H,4H2,1-3H3,(H,15,16)(H2,14,17,18). The first kappa shape index (κ1) is 15.6. The highest BCUT2D eigenvalue weighted by atomic mass is 32.2. The van der Waals surface area contributed by atoms with Crippen LogP contribution in [-0.4, -0.2) is 19.9 Å². The van der Waals surface area contributed by atoms with Crippen LogP contribution < -0.4 is 10.5 Å². The topological polar surface area (TPSA) is 89.3 Å². The number of rotatable bonds is 4. The third kappa shape index (κ3) is 4.29. The van der Waals surface area contributed by atoms with Crippen molar-refractivity contribution in [3.63, 3.8) is 0 Å². The number of benzene rings is 1. The van der Waals surface area contributed by atoms with Gasteiger partial charge in [0.25, 0.3) is 5.91 Å². The first-order valence-corrected chi connectivity index (χ1v) is 7.26. The highest BCUT2D eigenvalue weighted by Gasteiger charge is 2.21. The molecule has 0 aromatic heterocycles. The second-order valence-electron chi connectivity index (χ2n) is 4.91. The summed E-state index contributed by atoms with van der Waals surface area (Å²) in [4.78, 5) is 11.5. The maximum atomic E-state index is 13.3. The van der Waals surface area contributed by atoms with Gasteiger partial charge in [-0.1, -0.05) is 6.92 Å². The molecule has 0 saturated heterocycles. The Bertz CT molecular complexity index is 597. The second-order valence-corrected chi connectivity index (χ2v) is 6.47. The van der Waals surface area contributed by atoms with Crippen molar-refractivity contribution in [1.82, 2.24) is 5.32 Å². The lowest BCUT2D eigenvalue weighted by atomic mass is 10.0. The molecular formula is C12H17FN2O3S. The van der Waals surface area contributed by atoms with Crippen LogP contribution in [0.5, 0.6) is 0 Å². The Morgan fingerprint density at radius 2 is 1.95 bits per heavy atom. The normalized spacial score (nSPS) is 12.3. The fraction of sp³-hybridized carbons (Fsp3) is 0.417. The summed E-state index contributed by atoms with van der Waals surface area (Å²) in [6.07, 6.45) is 0.677. The Balaban J connectivity index is 3.15. The van der Waals surface area contributed by atoms with Crippen LogP contribution in [0.4, 0.5) is 4.39 Å². The second kappa shape index (κ2) is 5.26. The van der Waals surface area contributed by atoms with Crippen LogP contribution in [0, 0.1) is 5.82 Å². The van der Waals surface area contributed by atoms with Crippen LogP contribution in [-0.2, 0) is 10.0 Å². The van der Waals surface area contributed by atoms with E-state index in [9.17, 15) is 17.6 Å². The van der Waals surface area contributed by atoms with Gasteiger partial charge >= 0.3 is 0 Å². The van der Waals surface area contributed by atoms with E-state index in [0.29, 0.717) is 6.42 Å². The molecule has 0 saturated carbocycles. The van der Waals surface area contributed by atoms with Gasteiger partial charge in [0.1, 0.15) is 5.82 Å². The van der Waals surface area contributed by atoms with Crippen LogP contribution in [0.15, 0.2) is 23.1 Å². The van der Waals surface area contributed by atoms with E-state index in [-0.39, 0.29) is 5.56 Å². The third-order valence-corrected chi connectivity index (χ3v) is 3.69. The number of carbonyl (C=O) groups excluding carboxylic acids is 1. The fourth-order valence-corrected chi connectivity index (χ4v) is 1.89. The average molecular weight is 288 g/mol. The zero-order valence-electron chi connectivity index (χ0n) is 11.0. The summed E-state index contributed by atoms with van der Waals surface area (Å²) in [6, 6.07) is 2.80. The van der Waals surface area contributed by atoms with Gasteiger partial charge in [-0.25, -0.2) is 17.9 Å². The molecule has 106 valence electrons. The van der Waals surface area contributed by atoms with Crippen LogP contribution in [0.3, 0.4) is 0 Å². The monoisotopic (exact) mass is 288 g/mol. The molecule has 5 nitrogen and oxygen atoms in total. The lowest BCUT2D eigenvalue weighted by molar-refractivity contribution is 0.0910. The Morgan fingerprint density at radius 1 is 1.37 bits per heavy atom. The number of nitrogens with one attached hydrogen (secondary N) is 1. The first-order chi connectivity index (χ1) is 8.55. The smallest absolute Gasteiger partial charge is 0.251 e. The number of sulfonamides is 1. The maximum Gasteiger partial charge on any atom is 0.251 e. The maximum absolute atomic E-state index is 13.3. The van der Waals surface area contributed by atoms with Gasteiger partial charge in [-0.05, 0) is 38.5 Å². The van der Waals surface area contributed by atoms with E-state index < -0.39 is 32.2 Å². The predicted octanol–water partition coefficient (Wildman–Crippen LogP) is 1.39. The minimum absolute atomic E-state index is 0.0782. The van der Waals surface area contributed by atoms with Crippen LogP contribution in [0.25, 0.3) is 0 Å². The summed E-state index contributed by atoms with van der Waals surface area (Å²) < 4.78 is 35.7. The molecular weight excluding hydrogens is 271 g/mol. The van der Waals surface area contributed by atoms with Gasteiger partial charge in [-0.15, -0.1) is 0 Å². The molecule has 0 aliphatic carbocycles. The number of primary sulfonamides is 1. The van der Waals surface area contributed by atoms with E-state index >= 15 is 0 Å². The number of hydrogen-bond donors (Lipinski definition) is 2. The highest BCUT2D eigenvalue weighted by Crippen LogP contribution is 2.15. The Hall–Kier alpha value is -1.47. The van der Waals surface area contributed by atoms with Crippen LogP contribution in [0.2, 0.25) is 0 Å². The summed E-state index contributed by atoms with van der Waals surface area (Å²) in [7, 11) is -4.05. The van der Waals surface area contributed by atoms with Crippen molar-refractivity contribution in [3.8, 4) is 0 Å². The molecule has 1 aromatic carbocycles. The molecule has 0 aliphatic rings. The SMILES string of the molecule is CCC(C)(C)NC(=O)c1cc(F)cc(S(N)(=O)=O)c1. The Labute approximate surface area is 112 Å². The lowest BCUT2D eigenvalue weighted by Gasteiger charge is -2.24. The zero-order valence-corrected chi connectivity index (χ0v) is 11.8. The molecule has 1 amide bonds. The number of nitrogens with two attached hydrogens (primary N) is 1. The predicted molar refractivity (Wildman–Crippen MR) is 69.6 cm³/mol. The van der Waals surface area contributed by atoms with Gasteiger partial charge in [-0.2, -0.15) is 0 Å². The van der Waals surface area contributed by atoms with Crippen molar-refractivity contribution < 1.29 is 17.6 Å². The van der Waals surface area contributed by atoms with E-state index in [1.54, 1.807) is 0 Å². The molecule has 0 atom stereocenters. The molecule has 19 heavy (non-hydrogen) atoms. The first-order valence-electron chi connectivity index (χ1n) is 5.71. The molecule has 0 radical (unpaired) electrons. The van der Waals surface area contributed by atoms with Gasteiger partial charge < -0.3 is 5.32 Å². The van der Waals surface area contributed by atoms with E-state index in [4.69, 9.17) is 5.14 Å². The molecule has 0 heterocycles. The summed E-state index contributed by atoms with van der Waals surface area (Å²) in [6.45, 7) is 5.51. The van der Waals surface area contributed by atoms with E-state index in [2.05, 4.69) is 5.32 Å². The Morgan fingerprint density at radius 3 is 2.42 bits per heavy atom. The van der Waals surface area contributed by atoms with Gasteiger partial charge in [0, 0.05) is 11.1 Å². The quantitative estimate of drug-likeness (QED) is 0.877. The highest BCUT2D eigenvalue weighted by molar-refractivity contribution is 7.89.